The number of anilines is 1. The summed E-state index contributed by atoms with van der Waals surface area (Å²) < 4.78 is 42.5. The first-order chi connectivity index (χ1) is 15.5. The number of amides is 1. The van der Waals surface area contributed by atoms with E-state index in [0.717, 1.165) is 5.01 Å². The third kappa shape index (κ3) is 4.34. The number of nitrogens with zero attached hydrogens (tertiary/aromatic N) is 2. The topological polar surface area (TPSA) is 66.8 Å². The predicted molar refractivity (Wildman–Crippen MR) is 117 cm³/mol. The number of rotatable bonds is 4. The minimum atomic E-state index is -4.92. The van der Waals surface area contributed by atoms with Crippen LogP contribution in [0.2, 0.25) is 0 Å². The number of hydrogen-bond donors (Lipinski definition) is 0. The maximum atomic E-state index is 14.2. The van der Waals surface area contributed by atoms with Gasteiger partial charge in [-0.25, -0.2) is 0 Å². The van der Waals surface area contributed by atoms with E-state index in [2.05, 4.69) is 5.10 Å². The molecule has 2 unspecified atom stereocenters. The number of hydrazone groups is 1. The summed E-state index contributed by atoms with van der Waals surface area (Å²) >= 11 is 0. The van der Waals surface area contributed by atoms with Crippen molar-refractivity contribution in [3.05, 3.63) is 66.2 Å². The molecule has 172 valence electrons. The number of alkyl halides is 3. The number of hydrogen-bond acceptors (Lipinski definition) is 4. The van der Waals surface area contributed by atoms with Crippen LogP contribution in [0.25, 0.3) is 0 Å². The van der Waals surface area contributed by atoms with Crippen LogP contribution in [0.3, 0.4) is 0 Å². The largest absolute Gasteiger partial charge is 0.432 e. The Labute approximate surface area is 189 Å². The van der Waals surface area contributed by atoms with E-state index >= 15 is 0 Å². The van der Waals surface area contributed by atoms with Gasteiger partial charge in [0.05, 0.1) is 17.5 Å². The zero-order chi connectivity index (χ0) is 24.0. The maximum Gasteiger partial charge on any atom is 0.432 e. The second-order valence-electron chi connectivity index (χ2n) is 9.31. The van der Waals surface area contributed by atoms with Crippen molar-refractivity contribution in [2.45, 2.75) is 38.8 Å². The fourth-order valence-electron chi connectivity index (χ4n) is 4.84. The molecule has 33 heavy (non-hydrogen) atoms. The number of Topliss-reactive ketones (excluding diaryl/α,β-unsaturated/α-hetero) is 2. The Kier molecular flexibility index (Phi) is 5.72. The highest BCUT2D eigenvalue weighted by molar-refractivity contribution is 6.19. The molecule has 5 nitrogen and oxygen atoms in total. The second-order valence-corrected chi connectivity index (χ2v) is 9.31. The van der Waals surface area contributed by atoms with E-state index in [1.165, 1.54) is 12.1 Å². The monoisotopic (exact) mass is 456 g/mol. The summed E-state index contributed by atoms with van der Waals surface area (Å²) in [6.45, 7) is 3.55. The molecule has 1 aliphatic heterocycles. The van der Waals surface area contributed by atoms with Gasteiger partial charge in [-0.2, -0.15) is 23.3 Å². The summed E-state index contributed by atoms with van der Waals surface area (Å²) in [6.07, 6.45) is -4.82. The molecule has 0 N–H and O–H groups in total. The van der Waals surface area contributed by atoms with E-state index in [1.54, 1.807) is 62.4 Å². The normalized spacial score (nSPS) is 22.5. The highest BCUT2D eigenvalue weighted by atomic mass is 19.4. The second kappa shape index (κ2) is 8.24. The summed E-state index contributed by atoms with van der Waals surface area (Å²) in [6, 6.07) is 15.8. The first-order valence-corrected chi connectivity index (χ1v) is 10.6. The van der Waals surface area contributed by atoms with E-state index in [-0.39, 0.29) is 18.5 Å². The van der Waals surface area contributed by atoms with Crippen LogP contribution in [-0.4, -0.2) is 29.4 Å². The van der Waals surface area contributed by atoms with Gasteiger partial charge in [0, 0.05) is 18.8 Å². The molecule has 1 heterocycles. The average molecular weight is 456 g/mol. The van der Waals surface area contributed by atoms with Gasteiger partial charge in [0.1, 0.15) is 11.6 Å². The van der Waals surface area contributed by atoms with Crippen LogP contribution in [0, 0.1) is 17.3 Å². The standard InChI is InChI=1S/C25H23F3N2O3/c1-24(2)13-17(31)20(18(32)14-24)19(15-9-5-3-6-10-15)21-22(25(26,27)28)29-30(23(21)33)16-11-7-4-8-12-16/h3-12,19-21H,13-14H2,1-2H3. The molecule has 2 aromatic rings. The van der Waals surface area contributed by atoms with Crippen molar-refractivity contribution in [2.75, 3.05) is 5.01 Å². The molecule has 2 aromatic carbocycles. The minimum absolute atomic E-state index is 0.0501. The molecular weight excluding hydrogens is 433 g/mol. The van der Waals surface area contributed by atoms with Crippen molar-refractivity contribution >= 4 is 28.9 Å². The van der Waals surface area contributed by atoms with E-state index < -0.39 is 52.5 Å². The Bertz CT molecular complexity index is 1090. The number of para-hydroxylation sites is 1. The van der Waals surface area contributed by atoms with Gasteiger partial charge in [-0.1, -0.05) is 62.4 Å². The smallest absolute Gasteiger partial charge is 0.299 e. The van der Waals surface area contributed by atoms with Crippen LogP contribution in [0.15, 0.2) is 65.8 Å². The highest BCUT2D eigenvalue weighted by Gasteiger charge is 2.57. The molecule has 0 saturated heterocycles. The van der Waals surface area contributed by atoms with Crippen molar-refractivity contribution < 1.29 is 27.6 Å². The van der Waals surface area contributed by atoms with Crippen molar-refractivity contribution in [2.24, 2.45) is 22.4 Å². The van der Waals surface area contributed by atoms with Gasteiger partial charge < -0.3 is 0 Å². The fourth-order valence-corrected chi connectivity index (χ4v) is 4.84. The molecule has 1 saturated carbocycles. The van der Waals surface area contributed by atoms with Crippen molar-refractivity contribution in [3.8, 4) is 0 Å². The zero-order valence-corrected chi connectivity index (χ0v) is 18.2. The number of carbonyl (C=O) groups is 3. The van der Waals surface area contributed by atoms with Crippen LogP contribution < -0.4 is 5.01 Å². The molecule has 1 aliphatic carbocycles. The molecule has 0 bridgehead atoms. The van der Waals surface area contributed by atoms with Crippen LogP contribution in [0.4, 0.5) is 18.9 Å². The fraction of sp³-hybridized carbons (Fsp3) is 0.360. The lowest BCUT2D eigenvalue weighted by Crippen LogP contribution is -2.47. The van der Waals surface area contributed by atoms with E-state index in [1.807, 2.05) is 0 Å². The lowest BCUT2D eigenvalue weighted by atomic mass is 9.63. The van der Waals surface area contributed by atoms with Crippen LogP contribution in [0.5, 0.6) is 0 Å². The lowest BCUT2D eigenvalue weighted by molar-refractivity contribution is -0.141. The van der Waals surface area contributed by atoms with E-state index in [9.17, 15) is 27.6 Å². The first-order valence-electron chi connectivity index (χ1n) is 10.6. The third-order valence-corrected chi connectivity index (χ3v) is 6.17. The quantitative estimate of drug-likeness (QED) is 0.613. The summed E-state index contributed by atoms with van der Waals surface area (Å²) in [5.41, 5.74) is -1.37. The van der Waals surface area contributed by atoms with Gasteiger partial charge in [0.25, 0.3) is 5.91 Å². The van der Waals surface area contributed by atoms with Crippen LogP contribution in [-0.2, 0) is 14.4 Å². The Morgan fingerprint density at radius 1 is 0.879 bits per heavy atom. The minimum Gasteiger partial charge on any atom is -0.299 e. The van der Waals surface area contributed by atoms with Gasteiger partial charge in [-0.15, -0.1) is 0 Å². The molecule has 2 aliphatic rings. The van der Waals surface area contributed by atoms with Crippen molar-refractivity contribution in [3.63, 3.8) is 0 Å². The Morgan fingerprint density at radius 2 is 1.39 bits per heavy atom. The number of halogens is 3. The summed E-state index contributed by atoms with van der Waals surface area (Å²) in [7, 11) is 0. The number of carbonyl (C=O) groups excluding carboxylic acids is 3. The van der Waals surface area contributed by atoms with Gasteiger partial charge in [-0.05, 0) is 23.1 Å². The van der Waals surface area contributed by atoms with Gasteiger partial charge in [-0.3, -0.25) is 14.4 Å². The molecular formula is C25H23F3N2O3. The highest BCUT2D eigenvalue weighted by Crippen LogP contribution is 2.47. The molecule has 4 rings (SSSR count). The SMILES string of the molecule is CC1(C)CC(=O)C(C(c2ccccc2)C2C(=O)N(c3ccccc3)N=C2C(F)(F)F)C(=O)C1. The van der Waals surface area contributed by atoms with Crippen LogP contribution in [0.1, 0.15) is 38.2 Å². The maximum absolute atomic E-state index is 14.2. The molecule has 8 heteroatoms. The Hall–Kier alpha value is -3.29. The zero-order valence-electron chi connectivity index (χ0n) is 18.2. The lowest BCUT2D eigenvalue weighted by Gasteiger charge is -2.37. The number of ketones is 2. The predicted octanol–water partition coefficient (Wildman–Crippen LogP) is 4.93. The summed E-state index contributed by atoms with van der Waals surface area (Å²) in [4.78, 5) is 39.7. The Balaban J connectivity index is 1.86. The number of benzene rings is 2. The molecule has 0 spiro atoms. The third-order valence-electron chi connectivity index (χ3n) is 6.17. The molecule has 0 aromatic heterocycles. The van der Waals surface area contributed by atoms with E-state index in [4.69, 9.17) is 0 Å². The molecule has 1 fully saturated rings. The Morgan fingerprint density at radius 3 is 1.91 bits per heavy atom. The van der Waals surface area contributed by atoms with Gasteiger partial charge in [0.2, 0.25) is 0 Å². The van der Waals surface area contributed by atoms with Crippen molar-refractivity contribution in [1.29, 1.82) is 0 Å². The van der Waals surface area contributed by atoms with Gasteiger partial charge >= 0.3 is 6.18 Å². The van der Waals surface area contributed by atoms with E-state index in [0.29, 0.717) is 5.56 Å². The molecule has 0 radical (unpaired) electrons. The molecule has 1 amide bonds. The van der Waals surface area contributed by atoms with Gasteiger partial charge in [0.15, 0.2) is 5.71 Å². The first kappa shape index (κ1) is 22.9. The van der Waals surface area contributed by atoms with Crippen LogP contribution >= 0.6 is 0 Å². The average Bonchev–Trinajstić information content (AvgIpc) is 3.08. The van der Waals surface area contributed by atoms with Crippen molar-refractivity contribution in [1.82, 2.24) is 0 Å². The summed E-state index contributed by atoms with van der Waals surface area (Å²) in [5, 5.41) is 4.39. The summed E-state index contributed by atoms with van der Waals surface area (Å²) in [5.74, 6) is -6.27. The molecule has 2 atom stereocenters.